The van der Waals surface area contributed by atoms with Crippen LogP contribution in [0.25, 0.3) is 0 Å². The second-order valence-corrected chi connectivity index (χ2v) is 6.96. The van der Waals surface area contributed by atoms with Gasteiger partial charge in [0.15, 0.2) is 0 Å². The van der Waals surface area contributed by atoms with Crippen molar-refractivity contribution < 1.29 is 18.7 Å². The molecule has 0 aromatic heterocycles. The van der Waals surface area contributed by atoms with Crippen molar-refractivity contribution in [1.82, 2.24) is 15.5 Å². The van der Waals surface area contributed by atoms with Crippen LogP contribution in [0.15, 0.2) is 42.5 Å². The fourth-order valence-electron chi connectivity index (χ4n) is 3.15. The Labute approximate surface area is 163 Å². The van der Waals surface area contributed by atoms with Crippen LogP contribution in [0.1, 0.15) is 22.7 Å². The second-order valence-electron chi connectivity index (χ2n) is 6.96. The van der Waals surface area contributed by atoms with Gasteiger partial charge < -0.3 is 20.3 Å². The van der Waals surface area contributed by atoms with Crippen LogP contribution < -0.4 is 15.4 Å². The molecule has 7 heteroatoms. The highest BCUT2D eigenvalue weighted by Gasteiger charge is 2.21. The maximum Gasteiger partial charge on any atom is 0.309 e. The standard InChI is InChI=1S/C21H24FN3O3/c1-25(2)18(15-5-8-19-16(11-15)9-10-28-19)13-24-21(27)20(26)23-12-14-3-6-17(22)7-4-14/h3-8,11,18H,9-10,12-13H2,1-2H3,(H,23,26)(H,24,27)/t18-/m1/s1. The van der Waals surface area contributed by atoms with Gasteiger partial charge in [0.25, 0.3) is 0 Å². The second kappa shape index (κ2) is 8.84. The summed E-state index contributed by atoms with van der Waals surface area (Å²) in [6.07, 6.45) is 0.876. The lowest BCUT2D eigenvalue weighted by Gasteiger charge is -2.25. The van der Waals surface area contributed by atoms with Crippen LogP contribution in [-0.2, 0) is 22.6 Å². The molecule has 0 unspecified atom stereocenters. The zero-order valence-electron chi connectivity index (χ0n) is 16.0. The maximum absolute atomic E-state index is 12.9. The first-order valence-electron chi connectivity index (χ1n) is 9.16. The first kappa shape index (κ1) is 19.8. The predicted molar refractivity (Wildman–Crippen MR) is 103 cm³/mol. The summed E-state index contributed by atoms with van der Waals surface area (Å²) in [5.41, 5.74) is 2.93. The van der Waals surface area contributed by atoms with Gasteiger partial charge in [-0.15, -0.1) is 0 Å². The van der Waals surface area contributed by atoms with Gasteiger partial charge in [-0.25, -0.2) is 4.39 Å². The van der Waals surface area contributed by atoms with Gasteiger partial charge in [0.2, 0.25) is 0 Å². The first-order valence-corrected chi connectivity index (χ1v) is 9.16. The molecule has 0 fully saturated rings. The molecule has 0 spiro atoms. The Kier molecular flexibility index (Phi) is 6.26. The summed E-state index contributed by atoms with van der Waals surface area (Å²) in [6, 6.07) is 11.7. The minimum Gasteiger partial charge on any atom is -0.493 e. The summed E-state index contributed by atoms with van der Waals surface area (Å²) in [4.78, 5) is 26.2. The molecule has 6 nitrogen and oxygen atoms in total. The number of likely N-dealkylation sites (N-methyl/N-ethyl adjacent to an activating group) is 1. The smallest absolute Gasteiger partial charge is 0.309 e. The highest BCUT2D eigenvalue weighted by Crippen LogP contribution is 2.29. The van der Waals surface area contributed by atoms with E-state index in [0.717, 1.165) is 23.3 Å². The van der Waals surface area contributed by atoms with Crippen molar-refractivity contribution in [2.24, 2.45) is 0 Å². The number of carbonyl (C=O) groups is 2. The minimum absolute atomic E-state index is 0.0697. The van der Waals surface area contributed by atoms with E-state index in [1.54, 1.807) is 12.1 Å². The number of hydrogen-bond donors (Lipinski definition) is 2. The first-order chi connectivity index (χ1) is 13.4. The summed E-state index contributed by atoms with van der Waals surface area (Å²) < 4.78 is 18.4. The Morgan fingerprint density at radius 1 is 1.11 bits per heavy atom. The van der Waals surface area contributed by atoms with Crippen molar-refractivity contribution in [3.8, 4) is 5.75 Å². The normalized spacial score (nSPS) is 13.6. The van der Waals surface area contributed by atoms with Gasteiger partial charge in [-0.1, -0.05) is 24.3 Å². The van der Waals surface area contributed by atoms with Crippen LogP contribution in [0.3, 0.4) is 0 Å². The third-order valence-electron chi connectivity index (χ3n) is 4.75. The topological polar surface area (TPSA) is 70.7 Å². The average Bonchev–Trinajstić information content (AvgIpc) is 3.15. The lowest BCUT2D eigenvalue weighted by molar-refractivity contribution is -0.139. The number of benzene rings is 2. The van der Waals surface area contributed by atoms with Gasteiger partial charge in [-0.2, -0.15) is 0 Å². The third kappa shape index (κ3) is 4.86. The van der Waals surface area contributed by atoms with Gasteiger partial charge >= 0.3 is 11.8 Å². The van der Waals surface area contributed by atoms with Gasteiger partial charge in [0, 0.05) is 19.5 Å². The quantitative estimate of drug-likeness (QED) is 0.744. The van der Waals surface area contributed by atoms with E-state index in [9.17, 15) is 14.0 Å². The molecule has 1 aliphatic heterocycles. The van der Waals surface area contributed by atoms with E-state index in [0.29, 0.717) is 18.7 Å². The molecule has 0 radical (unpaired) electrons. The summed E-state index contributed by atoms with van der Waals surface area (Å²) >= 11 is 0. The Morgan fingerprint density at radius 2 is 1.82 bits per heavy atom. The Bertz CT molecular complexity index is 852. The summed E-state index contributed by atoms with van der Waals surface area (Å²) in [5, 5.41) is 5.23. The van der Waals surface area contributed by atoms with Crippen molar-refractivity contribution in [3.05, 3.63) is 65.0 Å². The SMILES string of the molecule is CN(C)[C@H](CNC(=O)C(=O)NCc1ccc(F)cc1)c1ccc2c(c1)CCO2. The Balaban J connectivity index is 1.55. The van der Waals surface area contributed by atoms with Crippen LogP contribution in [0, 0.1) is 5.82 Å². The largest absolute Gasteiger partial charge is 0.493 e. The number of fused-ring (bicyclic) bond motifs is 1. The molecule has 1 heterocycles. The number of nitrogens with one attached hydrogen (secondary N) is 2. The van der Waals surface area contributed by atoms with Crippen LogP contribution in [0.5, 0.6) is 5.75 Å². The molecule has 2 aromatic carbocycles. The molecular weight excluding hydrogens is 361 g/mol. The van der Waals surface area contributed by atoms with Crippen molar-refractivity contribution in [1.29, 1.82) is 0 Å². The minimum atomic E-state index is -0.718. The lowest BCUT2D eigenvalue weighted by atomic mass is 10.0. The van der Waals surface area contributed by atoms with Crippen molar-refractivity contribution in [2.45, 2.75) is 19.0 Å². The molecule has 0 bridgehead atoms. The van der Waals surface area contributed by atoms with E-state index in [1.165, 1.54) is 12.1 Å². The zero-order valence-corrected chi connectivity index (χ0v) is 16.0. The van der Waals surface area contributed by atoms with Crippen LogP contribution in [0.2, 0.25) is 0 Å². The number of carbonyl (C=O) groups excluding carboxylic acids is 2. The molecular formula is C21H24FN3O3. The Morgan fingerprint density at radius 3 is 2.54 bits per heavy atom. The summed E-state index contributed by atoms with van der Waals surface area (Å²) in [7, 11) is 3.85. The highest BCUT2D eigenvalue weighted by molar-refractivity contribution is 6.35. The summed E-state index contributed by atoms with van der Waals surface area (Å²) in [5.74, 6) is -0.853. The number of rotatable bonds is 6. The van der Waals surface area contributed by atoms with Gasteiger partial charge in [-0.3, -0.25) is 9.59 Å². The molecule has 2 amide bonds. The van der Waals surface area contributed by atoms with Gasteiger partial charge in [0.05, 0.1) is 12.6 Å². The predicted octanol–water partition coefficient (Wildman–Crippen LogP) is 1.80. The maximum atomic E-state index is 12.9. The molecule has 3 rings (SSSR count). The van der Waals surface area contributed by atoms with Crippen molar-refractivity contribution in [2.75, 3.05) is 27.2 Å². The molecule has 28 heavy (non-hydrogen) atoms. The van der Waals surface area contributed by atoms with E-state index >= 15 is 0 Å². The number of amides is 2. The van der Waals surface area contributed by atoms with Crippen LogP contribution in [0.4, 0.5) is 4.39 Å². The van der Waals surface area contributed by atoms with Crippen LogP contribution >= 0.6 is 0 Å². The lowest BCUT2D eigenvalue weighted by Crippen LogP contribution is -2.42. The van der Waals surface area contributed by atoms with Crippen molar-refractivity contribution in [3.63, 3.8) is 0 Å². The molecule has 0 saturated carbocycles. The van der Waals surface area contributed by atoms with Gasteiger partial charge in [0.1, 0.15) is 11.6 Å². The van der Waals surface area contributed by atoms with Gasteiger partial charge in [-0.05, 0) is 49.0 Å². The molecule has 0 saturated heterocycles. The van der Waals surface area contributed by atoms with E-state index < -0.39 is 11.8 Å². The van der Waals surface area contributed by atoms with Crippen molar-refractivity contribution >= 4 is 11.8 Å². The number of hydrogen-bond acceptors (Lipinski definition) is 4. The van der Waals surface area contributed by atoms with E-state index in [-0.39, 0.29) is 18.4 Å². The average molecular weight is 385 g/mol. The fraction of sp³-hybridized carbons (Fsp3) is 0.333. The molecule has 1 atom stereocenters. The number of halogens is 1. The third-order valence-corrected chi connectivity index (χ3v) is 4.75. The molecule has 148 valence electrons. The molecule has 1 aliphatic rings. The van der Waals surface area contributed by atoms with E-state index in [4.69, 9.17) is 4.74 Å². The Hall–Kier alpha value is -2.93. The molecule has 2 N–H and O–H groups in total. The molecule has 0 aliphatic carbocycles. The van der Waals surface area contributed by atoms with E-state index in [2.05, 4.69) is 16.7 Å². The fourth-order valence-corrected chi connectivity index (χ4v) is 3.15. The zero-order chi connectivity index (χ0) is 20.1. The summed E-state index contributed by atoms with van der Waals surface area (Å²) in [6.45, 7) is 1.15. The highest BCUT2D eigenvalue weighted by atomic mass is 19.1. The number of ether oxygens (including phenoxy) is 1. The van der Waals surface area contributed by atoms with E-state index in [1.807, 2.05) is 31.1 Å². The number of nitrogens with zero attached hydrogens (tertiary/aromatic N) is 1. The molecule has 2 aromatic rings. The monoisotopic (exact) mass is 385 g/mol. The van der Waals surface area contributed by atoms with Crippen LogP contribution in [-0.4, -0.2) is 44.0 Å².